The summed E-state index contributed by atoms with van der Waals surface area (Å²) in [5.74, 6) is 0.584. The number of amides is 2. The molecule has 29 heavy (non-hydrogen) atoms. The van der Waals surface area contributed by atoms with E-state index in [1.165, 1.54) is 19.2 Å². The first-order chi connectivity index (χ1) is 13.7. The second-order valence-electron chi connectivity index (χ2n) is 6.14. The molecule has 3 aromatic rings. The van der Waals surface area contributed by atoms with Gasteiger partial charge in [0.25, 0.3) is 0 Å². The molecular weight excluding hydrogens is 404 g/mol. The molecule has 0 saturated heterocycles. The third-order valence-corrected chi connectivity index (χ3v) is 4.55. The number of anilines is 2. The molecule has 0 spiro atoms. The zero-order chi connectivity index (χ0) is 21.2. The number of nitrogens with one attached hydrogen (secondary N) is 2. The first-order valence-electron chi connectivity index (χ1n) is 8.40. The van der Waals surface area contributed by atoms with Crippen molar-refractivity contribution in [3.63, 3.8) is 0 Å². The smallest absolute Gasteiger partial charge is 0.416 e. The van der Waals surface area contributed by atoms with Gasteiger partial charge in [-0.3, -0.25) is 4.68 Å². The van der Waals surface area contributed by atoms with Gasteiger partial charge in [0.15, 0.2) is 0 Å². The van der Waals surface area contributed by atoms with Crippen LogP contribution in [0.2, 0.25) is 0 Å². The molecule has 1 unspecified atom stereocenters. The summed E-state index contributed by atoms with van der Waals surface area (Å²) in [4.78, 5) is 12.3. The van der Waals surface area contributed by atoms with Crippen LogP contribution >= 0.6 is 9.24 Å². The molecule has 0 fully saturated rings. The summed E-state index contributed by atoms with van der Waals surface area (Å²) in [6.45, 7) is 0. The standard InChI is InChI=1S/C19H18F3N4O2P/c1-26-17(16(29)10-23-26)14-9-13(6-7-15(14)28-2)25-18(27)24-12-5-3-4-11(8-12)19(20,21)22/h3-10H,29H2,1-2H3,(H2,24,25,27). The number of benzene rings is 2. The molecule has 3 rings (SSSR count). The topological polar surface area (TPSA) is 68.2 Å². The van der Waals surface area contributed by atoms with Gasteiger partial charge in [-0.25, -0.2) is 4.79 Å². The van der Waals surface area contributed by atoms with Gasteiger partial charge in [-0.2, -0.15) is 18.3 Å². The van der Waals surface area contributed by atoms with Crippen LogP contribution in [0.3, 0.4) is 0 Å². The van der Waals surface area contributed by atoms with E-state index in [0.29, 0.717) is 17.0 Å². The van der Waals surface area contributed by atoms with Gasteiger partial charge in [-0.1, -0.05) is 6.07 Å². The molecule has 152 valence electrons. The monoisotopic (exact) mass is 422 g/mol. The van der Waals surface area contributed by atoms with E-state index in [2.05, 4.69) is 25.0 Å². The SMILES string of the molecule is COc1ccc(NC(=O)Nc2cccc(C(F)(F)F)c2)cc1-c1c(P)cnn1C. The van der Waals surface area contributed by atoms with Crippen LogP contribution < -0.4 is 20.7 Å². The fourth-order valence-electron chi connectivity index (χ4n) is 2.82. The molecule has 1 atom stereocenters. The second-order valence-corrected chi connectivity index (χ2v) is 6.77. The summed E-state index contributed by atoms with van der Waals surface area (Å²) in [5.41, 5.74) is 1.12. The van der Waals surface area contributed by atoms with E-state index in [4.69, 9.17) is 4.74 Å². The number of methoxy groups -OCH3 is 1. The summed E-state index contributed by atoms with van der Waals surface area (Å²) >= 11 is 0. The second kappa shape index (κ2) is 8.13. The number of aryl methyl sites for hydroxylation is 1. The van der Waals surface area contributed by atoms with Crippen LogP contribution in [0, 0.1) is 0 Å². The largest absolute Gasteiger partial charge is 0.496 e. The highest BCUT2D eigenvalue weighted by atomic mass is 31.0. The first-order valence-corrected chi connectivity index (χ1v) is 8.98. The molecule has 10 heteroatoms. The number of halogens is 3. The molecule has 2 aromatic carbocycles. The van der Waals surface area contributed by atoms with Crippen LogP contribution in [0.5, 0.6) is 5.75 Å². The van der Waals surface area contributed by atoms with E-state index in [1.807, 2.05) is 0 Å². The summed E-state index contributed by atoms with van der Waals surface area (Å²) in [5, 5.41) is 10.1. The fraction of sp³-hybridized carbons (Fsp3) is 0.158. The molecule has 0 radical (unpaired) electrons. The molecule has 0 aliphatic carbocycles. The van der Waals surface area contributed by atoms with E-state index in [0.717, 1.165) is 23.1 Å². The van der Waals surface area contributed by atoms with Gasteiger partial charge >= 0.3 is 12.2 Å². The van der Waals surface area contributed by atoms with E-state index in [9.17, 15) is 18.0 Å². The zero-order valence-corrected chi connectivity index (χ0v) is 16.7. The molecule has 2 amide bonds. The summed E-state index contributed by atoms with van der Waals surface area (Å²) in [6.07, 6.45) is -2.81. The average Bonchev–Trinajstić information content (AvgIpc) is 2.99. The normalized spacial score (nSPS) is 11.2. The van der Waals surface area contributed by atoms with Crippen molar-refractivity contribution >= 4 is 32.0 Å². The lowest BCUT2D eigenvalue weighted by Crippen LogP contribution is -2.20. The highest BCUT2D eigenvalue weighted by Crippen LogP contribution is 2.33. The summed E-state index contributed by atoms with van der Waals surface area (Å²) in [6, 6.07) is 8.77. The lowest BCUT2D eigenvalue weighted by molar-refractivity contribution is -0.137. The Morgan fingerprint density at radius 3 is 2.41 bits per heavy atom. The number of carbonyl (C=O) groups excluding carboxylic acids is 1. The van der Waals surface area contributed by atoms with Crippen molar-refractivity contribution in [2.75, 3.05) is 17.7 Å². The van der Waals surface area contributed by atoms with Crippen molar-refractivity contribution in [1.82, 2.24) is 9.78 Å². The third kappa shape index (κ3) is 4.68. The quantitative estimate of drug-likeness (QED) is 0.618. The summed E-state index contributed by atoms with van der Waals surface area (Å²) in [7, 11) is 5.90. The van der Waals surface area contributed by atoms with Crippen LogP contribution in [0.25, 0.3) is 11.3 Å². The van der Waals surface area contributed by atoms with E-state index in [1.54, 1.807) is 36.1 Å². The highest BCUT2D eigenvalue weighted by Gasteiger charge is 2.30. The molecule has 2 N–H and O–H groups in total. The van der Waals surface area contributed by atoms with Gasteiger partial charge < -0.3 is 15.4 Å². The Bertz CT molecular complexity index is 1030. The Hall–Kier alpha value is -3.06. The van der Waals surface area contributed by atoms with Crippen molar-refractivity contribution in [1.29, 1.82) is 0 Å². The van der Waals surface area contributed by atoms with Crippen molar-refractivity contribution in [3.05, 3.63) is 54.2 Å². The number of ether oxygens (including phenoxy) is 1. The minimum Gasteiger partial charge on any atom is -0.496 e. The fourth-order valence-corrected chi connectivity index (χ4v) is 3.23. The molecule has 1 aromatic heterocycles. The lowest BCUT2D eigenvalue weighted by atomic mass is 10.1. The maximum Gasteiger partial charge on any atom is 0.416 e. The number of hydrogen-bond donors (Lipinski definition) is 2. The van der Waals surface area contributed by atoms with Crippen LogP contribution in [-0.2, 0) is 13.2 Å². The van der Waals surface area contributed by atoms with Crippen LogP contribution in [0.4, 0.5) is 29.3 Å². The number of carbonyl (C=O) groups is 1. The Balaban J connectivity index is 1.82. The summed E-state index contributed by atoms with van der Waals surface area (Å²) < 4.78 is 45.5. The van der Waals surface area contributed by atoms with Gasteiger partial charge in [0, 0.05) is 29.3 Å². The van der Waals surface area contributed by atoms with Crippen molar-refractivity contribution in [3.8, 4) is 17.0 Å². The number of alkyl halides is 3. The van der Waals surface area contributed by atoms with Crippen LogP contribution in [-0.4, -0.2) is 22.9 Å². The van der Waals surface area contributed by atoms with Gasteiger partial charge in [-0.15, -0.1) is 9.24 Å². The lowest BCUT2D eigenvalue weighted by Gasteiger charge is -2.14. The maximum atomic E-state index is 12.8. The molecule has 0 bridgehead atoms. The molecular formula is C19H18F3N4O2P. The van der Waals surface area contributed by atoms with Gasteiger partial charge in [0.05, 0.1) is 24.6 Å². The molecule has 0 aliphatic rings. The minimum atomic E-state index is -4.49. The van der Waals surface area contributed by atoms with Crippen LogP contribution in [0.15, 0.2) is 48.7 Å². The predicted octanol–water partition coefficient (Wildman–Crippen LogP) is 4.26. The molecule has 0 aliphatic heterocycles. The van der Waals surface area contributed by atoms with Crippen molar-refractivity contribution < 1.29 is 22.7 Å². The number of urea groups is 1. The molecule has 6 nitrogen and oxygen atoms in total. The predicted molar refractivity (Wildman–Crippen MR) is 109 cm³/mol. The number of nitrogens with zero attached hydrogens (tertiary/aromatic N) is 2. The van der Waals surface area contributed by atoms with E-state index < -0.39 is 17.8 Å². The van der Waals surface area contributed by atoms with Gasteiger partial charge in [0.1, 0.15) is 5.75 Å². The Morgan fingerprint density at radius 2 is 1.83 bits per heavy atom. The Kier molecular flexibility index (Phi) is 5.79. The molecule has 1 heterocycles. The Labute approximate surface area is 167 Å². The van der Waals surface area contributed by atoms with E-state index in [-0.39, 0.29) is 5.69 Å². The number of rotatable bonds is 4. The number of aromatic nitrogens is 2. The van der Waals surface area contributed by atoms with E-state index >= 15 is 0 Å². The van der Waals surface area contributed by atoms with Crippen molar-refractivity contribution in [2.45, 2.75) is 6.18 Å². The number of hydrogen-bond acceptors (Lipinski definition) is 3. The third-order valence-electron chi connectivity index (χ3n) is 4.13. The van der Waals surface area contributed by atoms with Crippen LogP contribution in [0.1, 0.15) is 5.56 Å². The molecule has 0 saturated carbocycles. The van der Waals surface area contributed by atoms with Gasteiger partial charge in [0.2, 0.25) is 0 Å². The van der Waals surface area contributed by atoms with Gasteiger partial charge in [-0.05, 0) is 36.4 Å². The zero-order valence-electron chi connectivity index (χ0n) is 15.5. The highest BCUT2D eigenvalue weighted by molar-refractivity contribution is 7.27. The Morgan fingerprint density at radius 1 is 1.14 bits per heavy atom. The minimum absolute atomic E-state index is 0.0324. The van der Waals surface area contributed by atoms with Crippen molar-refractivity contribution in [2.24, 2.45) is 7.05 Å². The average molecular weight is 422 g/mol. The first kappa shape index (κ1) is 20.7. The maximum absolute atomic E-state index is 12.8.